The van der Waals surface area contributed by atoms with Crippen LogP contribution in [0.5, 0.6) is 0 Å². The van der Waals surface area contributed by atoms with Crippen molar-refractivity contribution in [2.45, 2.75) is 44.6 Å². The predicted octanol–water partition coefficient (Wildman–Crippen LogP) is 2.47. The molecule has 1 heterocycles. The quantitative estimate of drug-likeness (QED) is 0.753. The van der Waals surface area contributed by atoms with Crippen molar-refractivity contribution < 1.29 is 9.69 Å². The van der Waals surface area contributed by atoms with Crippen molar-refractivity contribution in [3.05, 3.63) is 27.8 Å². The molecule has 2 aliphatic rings. The number of quaternary nitrogens is 1. The minimum absolute atomic E-state index is 0.167. The monoisotopic (exact) mass is 399 g/mol. The highest BCUT2D eigenvalue weighted by Crippen LogP contribution is 2.28. The van der Waals surface area contributed by atoms with Gasteiger partial charge in [-0.15, -0.1) is 0 Å². The van der Waals surface area contributed by atoms with Gasteiger partial charge in [-0.05, 0) is 66.8 Å². The van der Waals surface area contributed by atoms with E-state index in [1.165, 1.54) is 50.0 Å². The number of benzene rings is 1. The molecule has 2 N–H and O–H groups in total. The van der Waals surface area contributed by atoms with Gasteiger partial charge >= 0.3 is 0 Å². The Bertz CT molecular complexity index is 503. The summed E-state index contributed by atoms with van der Waals surface area (Å²) in [6.45, 7) is 1.80. The average Bonchev–Trinajstić information content (AvgIpc) is 2.50. The molecule has 1 unspecified atom stereocenters. The fourth-order valence-electron chi connectivity index (χ4n) is 4.05. The summed E-state index contributed by atoms with van der Waals surface area (Å²) in [4.78, 5) is 13.9. The minimum Gasteiger partial charge on any atom is -0.324 e. The fraction of sp³-hybridized carbons (Fsp3) is 0.588. The molecule has 1 aliphatic heterocycles. The second-order valence-electron chi connectivity index (χ2n) is 6.41. The van der Waals surface area contributed by atoms with Crippen LogP contribution in [0.3, 0.4) is 0 Å². The van der Waals surface area contributed by atoms with Crippen molar-refractivity contribution in [3.63, 3.8) is 0 Å². The largest absolute Gasteiger partial charge is 0.324 e. The molecule has 1 aliphatic carbocycles. The zero-order valence-corrected chi connectivity index (χ0v) is 14.6. The molecule has 1 saturated carbocycles. The molecule has 3 nitrogen and oxygen atoms in total. The number of carbonyl (C=O) groups excluding carboxylic acids is 1. The van der Waals surface area contributed by atoms with Gasteiger partial charge in [0, 0.05) is 9.49 Å². The number of piperidine rings is 1. The highest BCUT2D eigenvalue weighted by atomic mass is 127. The molecule has 1 saturated heterocycles. The third kappa shape index (κ3) is 3.77. The van der Waals surface area contributed by atoms with E-state index in [1.54, 1.807) is 0 Å². The number of likely N-dealkylation sites (tertiary alicyclic amines) is 1. The number of hydrogen-bond acceptors (Lipinski definition) is 1. The van der Waals surface area contributed by atoms with Gasteiger partial charge in [-0.25, -0.2) is 0 Å². The van der Waals surface area contributed by atoms with Gasteiger partial charge in [0.1, 0.15) is 0 Å². The van der Waals surface area contributed by atoms with Crippen molar-refractivity contribution >= 4 is 34.2 Å². The summed E-state index contributed by atoms with van der Waals surface area (Å²) >= 11 is 2.27. The Kier molecular flexibility index (Phi) is 5.16. The SMILES string of the molecule is O=C(C[NH+]1CCC[C@@H]2CCCC[C@@H]21)Nc1ccccc1I. The maximum atomic E-state index is 12.4. The predicted molar refractivity (Wildman–Crippen MR) is 93.5 cm³/mol. The standard InChI is InChI=1S/C17H23IN2O/c18-14-8-2-3-9-15(14)19-17(21)12-20-11-5-7-13-6-1-4-10-16(13)20/h2-3,8-9,13,16H,1,4-7,10-12H2,(H,19,21)/p+1/t13-,16-/m0/s1. The maximum Gasteiger partial charge on any atom is 0.279 e. The topological polar surface area (TPSA) is 33.5 Å². The van der Waals surface area contributed by atoms with E-state index in [2.05, 4.69) is 27.9 Å². The van der Waals surface area contributed by atoms with Crippen molar-refractivity contribution in [3.8, 4) is 0 Å². The fourth-order valence-corrected chi connectivity index (χ4v) is 4.57. The van der Waals surface area contributed by atoms with Crippen LogP contribution in [0.4, 0.5) is 5.69 Å². The number of halogens is 1. The van der Waals surface area contributed by atoms with E-state index in [0.29, 0.717) is 6.54 Å². The van der Waals surface area contributed by atoms with Crippen molar-refractivity contribution in [2.24, 2.45) is 5.92 Å². The van der Waals surface area contributed by atoms with E-state index < -0.39 is 0 Å². The van der Waals surface area contributed by atoms with Crippen LogP contribution in [0, 0.1) is 9.49 Å². The first kappa shape index (κ1) is 15.3. The van der Waals surface area contributed by atoms with Crippen LogP contribution in [-0.2, 0) is 4.79 Å². The lowest BCUT2D eigenvalue weighted by Crippen LogP contribution is -3.18. The first-order chi connectivity index (χ1) is 10.2. The Morgan fingerprint density at radius 1 is 1.19 bits per heavy atom. The Labute approximate surface area is 140 Å². The van der Waals surface area contributed by atoms with Crippen molar-refractivity contribution in [2.75, 3.05) is 18.4 Å². The molecular weight excluding hydrogens is 375 g/mol. The molecular formula is C17H24IN2O+. The number of hydrogen-bond donors (Lipinski definition) is 2. The number of rotatable bonds is 3. The third-order valence-corrected chi connectivity index (χ3v) is 5.98. The van der Waals surface area contributed by atoms with Crippen LogP contribution < -0.4 is 10.2 Å². The first-order valence-corrected chi connectivity index (χ1v) is 9.21. The van der Waals surface area contributed by atoms with Gasteiger partial charge in [-0.2, -0.15) is 0 Å². The Morgan fingerprint density at radius 2 is 1.95 bits per heavy atom. The summed E-state index contributed by atoms with van der Waals surface area (Å²) in [5, 5.41) is 3.09. The third-order valence-electron chi connectivity index (χ3n) is 5.04. The van der Waals surface area contributed by atoms with Gasteiger partial charge in [0.25, 0.3) is 5.91 Å². The molecule has 1 aromatic rings. The first-order valence-electron chi connectivity index (χ1n) is 8.13. The number of carbonyl (C=O) groups is 1. The highest BCUT2D eigenvalue weighted by Gasteiger charge is 2.37. The summed E-state index contributed by atoms with van der Waals surface area (Å²) in [5.41, 5.74) is 0.944. The van der Waals surface area contributed by atoms with E-state index in [4.69, 9.17) is 0 Å². The molecule has 114 valence electrons. The van der Waals surface area contributed by atoms with E-state index in [-0.39, 0.29) is 5.91 Å². The molecule has 0 aromatic heterocycles. The van der Waals surface area contributed by atoms with Gasteiger partial charge < -0.3 is 10.2 Å². The molecule has 0 radical (unpaired) electrons. The smallest absolute Gasteiger partial charge is 0.279 e. The van der Waals surface area contributed by atoms with E-state index in [9.17, 15) is 4.79 Å². The van der Waals surface area contributed by atoms with Crippen LogP contribution in [0.15, 0.2) is 24.3 Å². The Hall–Kier alpha value is -0.620. The second-order valence-corrected chi connectivity index (χ2v) is 7.57. The molecule has 2 fully saturated rings. The second kappa shape index (κ2) is 7.09. The Morgan fingerprint density at radius 3 is 2.81 bits per heavy atom. The van der Waals surface area contributed by atoms with Crippen LogP contribution in [0.1, 0.15) is 38.5 Å². The lowest BCUT2D eigenvalue weighted by Gasteiger charge is -2.40. The lowest BCUT2D eigenvalue weighted by atomic mass is 9.78. The van der Waals surface area contributed by atoms with Crippen molar-refractivity contribution in [1.82, 2.24) is 0 Å². The molecule has 0 spiro atoms. The molecule has 0 bridgehead atoms. The molecule has 4 heteroatoms. The van der Waals surface area contributed by atoms with Gasteiger partial charge in [0.15, 0.2) is 6.54 Å². The molecule has 21 heavy (non-hydrogen) atoms. The number of nitrogens with one attached hydrogen (secondary N) is 2. The summed E-state index contributed by atoms with van der Waals surface area (Å²) < 4.78 is 1.10. The Balaban J connectivity index is 1.60. The summed E-state index contributed by atoms with van der Waals surface area (Å²) in [6.07, 6.45) is 8.10. The lowest BCUT2D eigenvalue weighted by molar-refractivity contribution is -0.928. The molecule has 3 atom stereocenters. The summed E-state index contributed by atoms with van der Waals surface area (Å²) in [5.74, 6) is 1.03. The van der Waals surface area contributed by atoms with Crippen LogP contribution in [-0.4, -0.2) is 25.0 Å². The number of amides is 1. The molecule has 1 aromatic carbocycles. The van der Waals surface area contributed by atoms with Gasteiger partial charge in [-0.3, -0.25) is 4.79 Å². The summed E-state index contributed by atoms with van der Waals surface area (Å²) in [7, 11) is 0. The van der Waals surface area contributed by atoms with E-state index in [1.807, 2.05) is 24.3 Å². The summed E-state index contributed by atoms with van der Waals surface area (Å²) in [6, 6.07) is 8.71. The molecule has 3 rings (SSSR count). The number of fused-ring (bicyclic) bond motifs is 1. The number of para-hydroxylation sites is 1. The van der Waals surface area contributed by atoms with Crippen molar-refractivity contribution in [1.29, 1.82) is 0 Å². The van der Waals surface area contributed by atoms with Crippen LogP contribution in [0.2, 0.25) is 0 Å². The van der Waals surface area contributed by atoms with Crippen LogP contribution >= 0.6 is 22.6 Å². The average molecular weight is 399 g/mol. The highest BCUT2D eigenvalue weighted by molar-refractivity contribution is 14.1. The van der Waals surface area contributed by atoms with Gasteiger partial charge in [-0.1, -0.05) is 18.6 Å². The van der Waals surface area contributed by atoms with Gasteiger partial charge in [0.2, 0.25) is 0 Å². The van der Waals surface area contributed by atoms with E-state index in [0.717, 1.165) is 21.2 Å². The normalized spacial score (nSPS) is 28.7. The molecule has 1 amide bonds. The zero-order valence-electron chi connectivity index (χ0n) is 12.4. The maximum absolute atomic E-state index is 12.4. The van der Waals surface area contributed by atoms with E-state index >= 15 is 0 Å². The minimum atomic E-state index is 0.167. The van der Waals surface area contributed by atoms with Crippen LogP contribution in [0.25, 0.3) is 0 Å². The zero-order chi connectivity index (χ0) is 14.7. The van der Waals surface area contributed by atoms with Gasteiger partial charge in [0.05, 0.1) is 18.3 Å². The number of anilines is 1.